The highest BCUT2D eigenvalue weighted by Crippen LogP contribution is 2.20. The highest BCUT2D eigenvalue weighted by molar-refractivity contribution is 7.99. The first-order chi connectivity index (χ1) is 12.1. The van der Waals surface area contributed by atoms with E-state index in [1.807, 2.05) is 30.3 Å². The zero-order valence-electron chi connectivity index (χ0n) is 13.2. The zero-order chi connectivity index (χ0) is 18.1. The van der Waals surface area contributed by atoms with Crippen LogP contribution in [0.5, 0.6) is 0 Å². The maximum Gasteiger partial charge on any atom is 0.340 e. The van der Waals surface area contributed by atoms with Gasteiger partial charge in [-0.25, -0.2) is 9.78 Å². The lowest BCUT2D eigenvalue weighted by Gasteiger charge is -2.07. The first kappa shape index (κ1) is 19.6. The summed E-state index contributed by atoms with van der Waals surface area (Å²) in [6, 6.07) is 11.4. The number of esters is 1. The van der Waals surface area contributed by atoms with Crippen LogP contribution < -0.4 is 5.32 Å². The molecule has 1 heterocycles. The van der Waals surface area contributed by atoms with E-state index in [1.54, 1.807) is 11.8 Å². The number of carbonyl (C=O) groups excluding carboxylic acids is 2. The molecule has 0 aliphatic rings. The maximum atomic E-state index is 11.8. The Hall–Kier alpha value is -1.76. The molecule has 25 heavy (non-hydrogen) atoms. The van der Waals surface area contributed by atoms with Crippen molar-refractivity contribution in [2.75, 3.05) is 18.9 Å². The van der Waals surface area contributed by atoms with Gasteiger partial charge in [-0.15, -0.1) is 11.8 Å². The summed E-state index contributed by atoms with van der Waals surface area (Å²) in [6.07, 6.45) is 2.06. The molecule has 0 unspecified atom stereocenters. The molecule has 132 valence electrons. The first-order valence-electron chi connectivity index (χ1n) is 7.49. The summed E-state index contributed by atoms with van der Waals surface area (Å²) < 4.78 is 4.91. The highest BCUT2D eigenvalue weighted by atomic mass is 35.5. The molecule has 2 rings (SSSR count). The van der Waals surface area contributed by atoms with Crippen molar-refractivity contribution < 1.29 is 14.3 Å². The summed E-state index contributed by atoms with van der Waals surface area (Å²) >= 11 is 13.2. The predicted molar refractivity (Wildman–Crippen MR) is 99.3 cm³/mol. The Balaban J connectivity index is 1.61. The minimum absolute atomic E-state index is 0.101. The van der Waals surface area contributed by atoms with Gasteiger partial charge in [-0.1, -0.05) is 41.4 Å². The Morgan fingerprint density at radius 2 is 1.96 bits per heavy atom. The molecule has 0 bridgehead atoms. The fourth-order valence-electron chi connectivity index (χ4n) is 1.81. The molecule has 1 aromatic heterocycles. The largest absolute Gasteiger partial charge is 0.452 e. The molecule has 1 amide bonds. The lowest BCUT2D eigenvalue weighted by atomic mass is 10.3. The second-order valence-corrected chi connectivity index (χ2v) is 6.87. The molecule has 8 heteroatoms. The molecule has 1 N–H and O–H groups in total. The minimum Gasteiger partial charge on any atom is -0.452 e. The number of amides is 1. The third-order valence-corrected chi connectivity index (χ3v) is 4.81. The summed E-state index contributed by atoms with van der Waals surface area (Å²) in [6.45, 7) is 0.162. The van der Waals surface area contributed by atoms with E-state index in [0.29, 0.717) is 6.54 Å². The van der Waals surface area contributed by atoms with Crippen LogP contribution in [0.4, 0.5) is 0 Å². The lowest BCUT2D eigenvalue weighted by Crippen LogP contribution is -2.29. The number of pyridine rings is 1. The summed E-state index contributed by atoms with van der Waals surface area (Å²) in [7, 11) is 0. The van der Waals surface area contributed by atoms with Crippen molar-refractivity contribution in [1.82, 2.24) is 10.3 Å². The van der Waals surface area contributed by atoms with Gasteiger partial charge in [-0.3, -0.25) is 4.79 Å². The van der Waals surface area contributed by atoms with E-state index in [4.69, 9.17) is 27.9 Å². The van der Waals surface area contributed by atoms with Gasteiger partial charge in [0.2, 0.25) is 0 Å². The Morgan fingerprint density at radius 3 is 2.68 bits per heavy atom. The van der Waals surface area contributed by atoms with Gasteiger partial charge in [-0.2, -0.15) is 0 Å². The number of carbonyl (C=O) groups is 2. The average molecular weight is 399 g/mol. The quantitative estimate of drug-likeness (QED) is 0.316. The topological polar surface area (TPSA) is 68.3 Å². The molecule has 0 saturated heterocycles. The number of benzene rings is 1. The molecule has 0 fully saturated rings. The molecule has 0 radical (unpaired) electrons. The molecule has 0 atom stereocenters. The van der Waals surface area contributed by atoms with Crippen LogP contribution in [0.15, 0.2) is 47.5 Å². The van der Waals surface area contributed by atoms with Crippen molar-refractivity contribution >= 4 is 46.8 Å². The Bertz CT molecular complexity index is 729. The molecular formula is C17H16Cl2N2O3S. The van der Waals surface area contributed by atoms with Crippen LogP contribution in [-0.4, -0.2) is 35.8 Å². The van der Waals surface area contributed by atoms with Gasteiger partial charge in [0.1, 0.15) is 5.15 Å². The van der Waals surface area contributed by atoms with Gasteiger partial charge in [0.05, 0.1) is 10.6 Å². The van der Waals surface area contributed by atoms with E-state index in [2.05, 4.69) is 10.3 Å². The van der Waals surface area contributed by atoms with Gasteiger partial charge in [0.15, 0.2) is 6.61 Å². The Morgan fingerprint density at radius 1 is 1.20 bits per heavy atom. The van der Waals surface area contributed by atoms with Crippen molar-refractivity contribution in [1.29, 1.82) is 0 Å². The van der Waals surface area contributed by atoms with E-state index in [9.17, 15) is 9.59 Å². The Kier molecular flexibility index (Phi) is 8.04. The molecule has 0 aliphatic carbocycles. The number of nitrogens with one attached hydrogen (secondary N) is 1. The highest BCUT2D eigenvalue weighted by Gasteiger charge is 2.12. The third kappa shape index (κ3) is 6.94. The third-order valence-electron chi connectivity index (χ3n) is 3.02. The van der Waals surface area contributed by atoms with Crippen molar-refractivity contribution in [2.45, 2.75) is 11.3 Å². The first-order valence-corrected chi connectivity index (χ1v) is 9.23. The SMILES string of the molecule is O=C(COC(=O)c1cnc(Cl)c(Cl)c1)NCCCSc1ccccc1. The van der Waals surface area contributed by atoms with E-state index < -0.39 is 5.97 Å². The van der Waals surface area contributed by atoms with E-state index in [-0.39, 0.29) is 28.3 Å². The number of rotatable bonds is 8. The summed E-state index contributed by atoms with van der Waals surface area (Å²) in [4.78, 5) is 28.4. The Labute approximate surface area is 160 Å². The molecule has 1 aromatic carbocycles. The number of aromatic nitrogens is 1. The van der Waals surface area contributed by atoms with Crippen LogP contribution in [0.2, 0.25) is 10.2 Å². The number of thioether (sulfide) groups is 1. The van der Waals surface area contributed by atoms with Crippen molar-refractivity contribution in [3.05, 3.63) is 58.3 Å². The summed E-state index contributed by atoms with van der Waals surface area (Å²) in [5, 5.41) is 2.95. The second kappa shape index (κ2) is 10.3. The summed E-state index contributed by atoms with van der Waals surface area (Å²) in [5.41, 5.74) is 0.140. The van der Waals surface area contributed by atoms with Crippen LogP contribution in [0, 0.1) is 0 Å². The molecular weight excluding hydrogens is 383 g/mol. The molecule has 0 spiro atoms. The van der Waals surface area contributed by atoms with Crippen LogP contribution in [0.1, 0.15) is 16.8 Å². The number of ether oxygens (including phenoxy) is 1. The smallest absolute Gasteiger partial charge is 0.340 e. The number of hydrogen-bond acceptors (Lipinski definition) is 5. The monoisotopic (exact) mass is 398 g/mol. The van der Waals surface area contributed by atoms with E-state index in [0.717, 1.165) is 12.2 Å². The molecule has 2 aromatic rings. The van der Waals surface area contributed by atoms with Crippen LogP contribution in [0.25, 0.3) is 0 Å². The van der Waals surface area contributed by atoms with Gasteiger partial charge in [0.25, 0.3) is 5.91 Å². The van der Waals surface area contributed by atoms with Crippen LogP contribution >= 0.6 is 35.0 Å². The van der Waals surface area contributed by atoms with Gasteiger partial charge < -0.3 is 10.1 Å². The van der Waals surface area contributed by atoms with Gasteiger partial charge in [0, 0.05) is 17.6 Å². The predicted octanol–water partition coefficient (Wildman–Crippen LogP) is 3.84. The van der Waals surface area contributed by atoms with Crippen LogP contribution in [-0.2, 0) is 9.53 Å². The average Bonchev–Trinajstić information content (AvgIpc) is 2.62. The fraction of sp³-hybridized carbons (Fsp3) is 0.235. The fourth-order valence-corrected chi connectivity index (χ4v) is 2.95. The second-order valence-electron chi connectivity index (χ2n) is 4.94. The summed E-state index contributed by atoms with van der Waals surface area (Å²) in [5.74, 6) is -0.147. The maximum absolute atomic E-state index is 11.8. The number of halogens is 2. The van der Waals surface area contributed by atoms with E-state index >= 15 is 0 Å². The lowest BCUT2D eigenvalue weighted by molar-refractivity contribution is -0.124. The zero-order valence-corrected chi connectivity index (χ0v) is 15.5. The number of nitrogens with zero attached hydrogens (tertiary/aromatic N) is 1. The van der Waals surface area contributed by atoms with Crippen molar-refractivity contribution in [3.8, 4) is 0 Å². The molecule has 0 saturated carbocycles. The van der Waals surface area contributed by atoms with Gasteiger partial charge >= 0.3 is 5.97 Å². The van der Waals surface area contributed by atoms with Crippen molar-refractivity contribution in [2.24, 2.45) is 0 Å². The van der Waals surface area contributed by atoms with Crippen molar-refractivity contribution in [3.63, 3.8) is 0 Å². The molecule has 5 nitrogen and oxygen atoms in total. The standard InChI is InChI=1S/C17H16Cl2N2O3S/c18-14-9-12(10-21-16(14)19)17(23)24-11-15(22)20-7-4-8-25-13-5-2-1-3-6-13/h1-3,5-6,9-10H,4,7-8,11H2,(H,20,22). The van der Waals surface area contributed by atoms with Crippen LogP contribution in [0.3, 0.4) is 0 Å². The number of hydrogen-bond donors (Lipinski definition) is 1. The minimum atomic E-state index is -0.680. The van der Waals surface area contributed by atoms with Gasteiger partial charge in [-0.05, 0) is 30.4 Å². The normalized spacial score (nSPS) is 10.3. The van der Waals surface area contributed by atoms with E-state index in [1.165, 1.54) is 17.2 Å². The molecule has 0 aliphatic heterocycles.